The van der Waals surface area contributed by atoms with Crippen LogP contribution in [0.3, 0.4) is 0 Å². The fourth-order valence-electron chi connectivity index (χ4n) is 3.34. The molecule has 1 aromatic heterocycles. The number of benzene rings is 3. The molecule has 0 radical (unpaired) electrons. The van der Waals surface area contributed by atoms with Crippen molar-refractivity contribution in [2.24, 2.45) is 10.2 Å². The molecule has 0 unspecified atom stereocenters. The predicted molar refractivity (Wildman–Crippen MR) is 135 cm³/mol. The average molecular weight is 471 g/mol. The standard InChI is InChI=1S/C23H18BN5O4S/c25-23(34-24(31)16-10-5-2-6-11-16)28-27-19(15-8-3-1-4-9-15)14-18-17-12-7-13-20(29(32)33)21(17)26-22(18)30/h1-14,25-26,30-31H/b19-14+,25-23?,28-27?. The minimum Gasteiger partial charge on any atom is -0.494 e. The number of hydrogen-bond acceptors (Lipinski definition) is 7. The molecule has 0 aliphatic rings. The van der Waals surface area contributed by atoms with E-state index < -0.39 is 11.1 Å². The number of aromatic nitrogens is 1. The lowest BCUT2D eigenvalue weighted by Gasteiger charge is -2.05. The van der Waals surface area contributed by atoms with Gasteiger partial charge in [0.1, 0.15) is 5.52 Å². The Morgan fingerprint density at radius 2 is 1.71 bits per heavy atom. The first-order valence-electron chi connectivity index (χ1n) is 10.1. The normalized spacial score (nSPS) is 11.7. The molecule has 0 saturated heterocycles. The molecule has 4 aromatic rings. The third kappa shape index (κ3) is 5.06. The number of para-hydroxylation sites is 1. The zero-order valence-corrected chi connectivity index (χ0v) is 18.4. The Morgan fingerprint density at radius 3 is 2.38 bits per heavy atom. The molecular formula is C23H18BN5O4S. The van der Waals surface area contributed by atoms with Crippen LogP contribution in [-0.2, 0) is 0 Å². The molecule has 1 heterocycles. The van der Waals surface area contributed by atoms with Crippen molar-refractivity contribution in [1.29, 1.82) is 5.41 Å². The second-order valence-electron chi connectivity index (χ2n) is 7.13. The largest absolute Gasteiger partial charge is 0.494 e. The van der Waals surface area contributed by atoms with Crippen LogP contribution >= 0.6 is 11.6 Å². The van der Waals surface area contributed by atoms with Crippen LogP contribution in [0.2, 0.25) is 0 Å². The van der Waals surface area contributed by atoms with Crippen molar-refractivity contribution in [2.45, 2.75) is 0 Å². The van der Waals surface area contributed by atoms with Gasteiger partial charge in [0.2, 0.25) is 0 Å². The monoisotopic (exact) mass is 471 g/mol. The van der Waals surface area contributed by atoms with E-state index in [0.717, 1.165) is 11.6 Å². The topological polar surface area (TPSA) is 148 Å². The highest BCUT2D eigenvalue weighted by Crippen LogP contribution is 2.35. The van der Waals surface area contributed by atoms with Crippen molar-refractivity contribution in [3.63, 3.8) is 0 Å². The second kappa shape index (κ2) is 10.2. The maximum atomic E-state index is 11.4. The summed E-state index contributed by atoms with van der Waals surface area (Å²) in [5, 5.41) is 48.6. The number of non-ortho nitro benzene ring substituents is 1. The summed E-state index contributed by atoms with van der Waals surface area (Å²) in [5.41, 5.74) is 1.95. The lowest BCUT2D eigenvalue weighted by atomic mass is 9.87. The predicted octanol–water partition coefficient (Wildman–Crippen LogP) is 4.79. The number of rotatable bonds is 6. The number of nitrogens with one attached hydrogen (secondary N) is 2. The first-order valence-corrected chi connectivity index (χ1v) is 11.0. The van der Waals surface area contributed by atoms with Crippen LogP contribution in [0.25, 0.3) is 22.7 Å². The number of H-pyrrole nitrogens is 1. The van der Waals surface area contributed by atoms with Crippen LogP contribution < -0.4 is 5.46 Å². The minimum absolute atomic E-state index is 0.164. The fraction of sp³-hybridized carbons (Fsp3) is 0. The Hall–Kier alpha value is -4.22. The highest BCUT2D eigenvalue weighted by Gasteiger charge is 2.20. The number of nitro benzene ring substituents is 1. The van der Waals surface area contributed by atoms with Crippen LogP contribution in [0.1, 0.15) is 11.1 Å². The van der Waals surface area contributed by atoms with E-state index in [0.29, 0.717) is 27.7 Å². The molecule has 0 aliphatic heterocycles. The molecule has 4 N–H and O–H groups in total. The molecule has 0 spiro atoms. The van der Waals surface area contributed by atoms with Crippen LogP contribution in [0, 0.1) is 15.5 Å². The number of azo groups is 1. The van der Waals surface area contributed by atoms with Crippen LogP contribution in [0.15, 0.2) is 89.1 Å². The summed E-state index contributed by atoms with van der Waals surface area (Å²) in [4.78, 5) is 13.5. The molecular weight excluding hydrogens is 453 g/mol. The van der Waals surface area contributed by atoms with Crippen LogP contribution in [0.5, 0.6) is 5.88 Å². The zero-order chi connectivity index (χ0) is 24.1. The molecule has 11 heteroatoms. The van der Waals surface area contributed by atoms with Gasteiger partial charge in [-0.3, -0.25) is 15.5 Å². The smallest absolute Gasteiger partial charge is 0.402 e. The Labute approximate surface area is 198 Å². The van der Waals surface area contributed by atoms with E-state index in [1.54, 1.807) is 60.7 Å². The van der Waals surface area contributed by atoms with Crippen molar-refractivity contribution in [3.8, 4) is 5.88 Å². The van der Waals surface area contributed by atoms with Gasteiger partial charge in [0.05, 0.1) is 10.6 Å². The van der Waals surface area contributed by atoms with E-state index in [4.69, 9.17) is 5.41 Å². The number of amidine groups is 1. The van der Waals surface area contributed by atoms with Gasteiger partial charge in [0.25, 0.3) is 5.69 Å². The van der Waals surface area contributed by atoms with Crippen LogP contribution in [-0.4, -0.2) is 31.4 Å². The van der Waals surface area contributed by atoms with E-state index in [1.807, 2.05) is 12.1 Å². The highest BCUT2D eigenvalue weighted by atomic mass is 32.2. The molecule has 4 rings (SSSR count). The Bertz CT molecular complexity index is 1410. The Morgan fingerprint density at radius 1 is 1.03 bits per heavy atom. The summed E-state index contributed by atoms with van der Waals surface area (Å²) in [6.45, 7) is 0. The zero-order valence-electron chi connectivity index (χ0n) is 17.6. The average Bonchev–Trinajstić information content (AvgIpc) is 3.17. The number of aromatic amines is 1. The Balaban J connectivity index is 1.69. The summed E-state index contributed by atoms with van der Waals surface area (Å²) < 4.78 is 0. The third-order valence-electron chi connectivity index (χ3n) is 4.94. The molecule has 0 fully saturated rings. The van der Waals surface area contributed by atoms with Crippen LogP contribution in [0.4, 0.5) is 5.69 Å². The molecule has 34 heavy (non-hydrogen) atoms. The quantitative estimate of drug-likeness (QED) is 0.0797. The molecule has 0 amide bonds. The number of nitro groups is 1. The molecule has 3 aromatic carbocycles. The molecule has 0 atom stereocenters. The summed E-state index contributed by atoms with van der Waals surface area (Å²) in [7, 11) is 0. The van der Waals surface area contributed by atoms with Crippen molar-refractivity contribution < 1.29 is 15.1 Å². The van der Waals surface area contributed by atoms with Gasteiger partial charge >= 0.3 is 6.19 Å². The van der Waals surface area contributed by atoms with Crippen molar-refractivity contribution in [2.75, 3.05) is 0 Å². The van der Waals surface area contributed by atoms with Gasteiger partial charge in [-0.15, -0.1) is 10.2 Å². The summed E-state index contributed by atoms with van der Waals surface area (Å²) >= 11 is 0.829. The number of aromatic hydroxyl groups is 1. The Kier molecular flexibility index (Phi) is 6.86. The van der Waals surface area contributed by atoms with E-state index in [-0.39, 0.29) is 22.3 Å². The molecule has 9 nitrogen and oxygen atoms in total. The number of hydrogen-bond donors (Lipinski definition) is 4. The SMILES string of the molecule is N=C(N=N/C(=C/c1c(O)[nH]c2c([N+](=O)[O-])cccc12)c1ccccc1)SB(O)c1ccccc1. The maximum Gasteiger partial charge on any atom is 0.402 e. The van der Waals surface area contributed by atoms with E-state index in [1.165, 1.54) is 12.1 Å². The summed E-state index contributed by atoms with van der Waals surface area (Å²) in [6.07, 6.45) is 0.567. The fourth-order valence-corrected chi connectivity index (χ4v) is 3.93. The first-order chi connectivity index (χ1) is 16.4. The van der Waals surface area contributed by atoms with Gasteiger partial charge in [-0.05, 0) is 11.5 Å². The summed E-state index contributed by atoms with van der Waals surface area (Å²) in [6, 6.07) is 22.4. The highest BCUT2D eigenvalue weighted by molar-refractivity contribution is 8.36. The lowest BCUT2D eigenvalue weighted by Crippen LogP contribution is -2.27. The van der Waals surface area contributed by atoms with E-state index >= 15 is 0 Å². The first kappa shape index (κ1) is 23.0. The molecule has 0 bridgehead atoms. The van der Waals surface area contributed by atoms with Gasteiger partial charge in [0.15, 0.2) is 11.0 Å². The second-order valence-corrected chi connectivity index (χ2v) is 8.19. The maximum absolute atomic E-state index is 11.4. The third-order valence-corrected chi connectivity index (χ3v) is 5.74. The van der Waals surface area contributed by atoms with Gasteiger partial charge < -0.3 is 15.1 Å². The molecule has 0 aliphatic carbocycles. The van der Waals surface area contributed by atoms with Gasteiger partial charge in [-0.1, -0.05) is 84.4 Å². The van der Waals surface area contributed by atoms with Gasteiger partial charge in [0, 0.05) is 22.6 Å². The van der Waals surface area contributed by atoms with E-state index in [9.17, 15) is 20.2 Å². The molecule has 0 saturated carbocycles. The van der Waals surface area contributed by atoms with Gasteiger partial charge in [-0.2, -0.15) is 0 Å². The lowest BCUT2D eigenvalue weighted by molar-refractivity contribution is -0.383. The minimum atomic E-state index is -0.977. The molecule has 168 valence electrons. The van der Waals surface area contributed by atoms with E-state index in [2.05, 4.69) is 15.2 Å². The summed E-state index contributed by atoms with van der Waals surface area (Å²) in [5.74, 6) is -0.253. The van der Waals surface area contributed by atoms with Crippen molar-refractivity contribution in [3.05, 3.63) is 100 Å². The van der Waals surface area contributed by atoms with Crippen molar-refractivity contribution >= 4 is 56.8 Å². The van der Waals surface area contributed by atoms with Gasteiger partial charge in [-0.25, -0.2) is 0 Å². The number of fused-ring (bicyclic) bond motifs is 1. The number of nitrogens with zero attached hydrogens (tertiary/aromatic N) is 3. The van der Waals surface area contributed by atoms with Crippen molar-refractivity contribution in [1.82, 2.24) is 4.98 Å².